The van der Waals surface area contributed by atoms with Crippen molar-refractivity contribution < 1.29 is 4.39 Å². The lowest BCUT2D eigenvalue weighted by atomic mass is 9.97. The van der Waals surface area contributed by atoms with E-state index in [1.807, 2.05) is 13.0 Å². The molecule has 0 amide bonds. The van der Waals surface area contributed by atoms with Crippen LogP contribution in [0.3, 0.4) is 0 Å². The van der Waals surface area contributed by atoms with E-state index in [4.69, 9.17) is 0 Å². The highest BCUT2D eigenvalue weighted by atomic mass is 19.1. The summed E-state index contributed by atoms with van der Waals surface area (Å²) in [6.45, 7) is 7.27. The molecule has 0 heterocycles. The van der Waals surface area contributed by atoms with Crippen LogP contribution in [0.15, 0.2) is 42.5 Å². The van der Waals surface area contributed by atoms with Gasteiger partial charge in [0, 0.05) is 6.04 Å². The summed E-state index contributed by atoms with van der Waals surface area (Å²) < 4.78 is 13.4. The summed E-state index contributed by atoms with van der Waals surface area (Å²) in [5.41, 5.74) is 4.41. The van der Waals surface area contributed by atoms with Gasteiger partial charge >= 0.3 is 0 Å². The minimum absolute atomic E-state index is 0.186. The van der Waals surface area contributed by atoms with Crippen LogP contribution < -0.4 is 5.32 Å². The van der Waals surface area contributed by atoms with E-state index in [0.717, 1.165) is 29.7 Å². The molecule has 0 aliphatic carbocycles. The molecule has 0 aliphatic heterocycles. The van der Waals surface area contributed by atoms with Gasteiger partial charge in [0.25, 0.3) is 0 Å². The fourth-order valence-electron chi connectivity index (χ4n) is 2.54. The molecule has 106 valence electrons. The van der Waals surface area contributed by atoms with E-state index in [-0.39, 0.29) is 5.82 Å². The Balaban J connectivity index is 2.30. The van der Waals surface area contributed by atoms with Crippen molar-refractivity contribution in [3.05, 3.63) is 59.4 Å². The zero-order valence-electron chi connectivity index (χ0n) is 12.4. The smallest absolute Gasteiger partial charge is 0.123 e. The summed E-state index contributed by atoms with van der Waals surface area (Å²) in [5, 5.41) is 3.47. The number of hydrogen-bond acceptors (Lipinski definition) is 1. The summed E-state index contributed by atoms with van der Waals surface area (Å²) >= 11 is 0. The first-order chi connectivity index (χ1) is 9.65. The van der Waals surface area contributed by atoms with E-state index in [1.54, 1.807) is 6.07 Å². The lowest BCUT2D eigenvalue weighted by Gasteiger charge is -2.17. The highest BCUT2D eigenvalue weighted by Gasteiger charge is 2.08. The first-order valence-corrected chi connectivity index (χ1v) is 7.25. The van der Waals surface area contributed by atoms with E-state index in [2.05, 4.69) is 43.4 Å². The second-order valence-electron chi connectivity index (χ2n) is 5.10. The molecular weight excluding hydrogens is 249 g/mol. The highest BCUT2D eigenvalue weighted by molar-refractivity contribution is 5.67. The zero-order valence-corrected chi connectivity index (χ0v) is 12.4. The minimum Gasteiger partial charge on any atom is -0.310 e. The maximum absolute atomic E-state index is 13.4. The molecule has 0 fully saturated rings. The van der Waals surface area contributed by atoms with Crippen LogP contribution in [0.1, 0.15) is 37.4 Å². The first kappa shape index (κ1) is 14.7. The number of hydrogen-bond donors (Lipinski definition) is 1. The largest absolute Gasteiger partial charge is 0.310 e. The van der Waals surface area contributed by atoms with Crippen molar-refractivity contribution in [3.63, 3.8) is 0 Å². The van der Waals surface area contributed by atoms with Crippen LogP contribution in [0.25, 0.3) is 11.1 Å². The van der Waals surface area contributed by atoms with Crippen molar-refractivity contribution >= 4 is 0 Å². The molecule has 1 N–H and O–H groups in total. The average molecular weight is 271 g/mol. The van der Waals surface area contributed by atoms with Gasteiger partial charge in [0.2, 0.25) is 0 Å². The van der Waals surface area contributed by atoms with Gasteiger partial charge in [-0.2, -0.15) is 0 Å². The van der Waals surface area contributed by atoms with Gasteiger partial charge in [0.05, 0.1) is 0 Å². The van der Waals surface area contributed by atoms with Gasteiger partial charge in [-0.1, -0.05) is 44.2 Å². The molecule has 20 heavy (non-hydrogen) atoms. The van der Waals surface area contributed by atoms with Crippen LogP contribution in [-0.4, -0.2) is 6.54 Å². The van der Waals surface area contributed by atoms with Crippen LogP contribution in [0.2, 0.25) is 0 Å². The van der Waals surface area contributed by atoms with Crippen molar-refractivity contribution in [3.8, 4) is 11.1 Å². The predicted molar refractivity (Wildman–Crippen MR) is 83.3 cm³/mol. The topological polar surface area (TPSA) is 12.0 Å². The van der Waals surface area contributed by atoms with Crippen molar-refractivity contribution in [2.75, 3.05) is 6.54 Å². The normalized spacial score (nSPS) is 12.4. The summed E-state index contributed by atoms with van der Waals surface area (Å²) in [4.78, 5) is 0. The average Bonchev–Trinajstić information content (AvgIpc) is 2.47. The second kappa shape index (κ2) is 6.67. The molecule has 0 spiro atoms. The Morgan fingerprint density at radius 1 is 1.05 bits per heavy atom. The van der Waals surface area contributed by atoms with Crippen LogP contribution in [0.4, 0.5) is 4.39 Å². The molecule has 1 unspecified atom stereocenters. The summed E-state index contributed by atoms with van der Waals surface area (Å²) in [6, 6.07) is 13.8. The quantitative estimate of drug-likeness (QED) is 0.818. The fraction of sp³-hybridized carbons (Fsp3) is 0.333. The van der Waals surface area contributed by atoms with E-state index in [9.17, 15) is 4.39 Å². The molecule has 2 rings (SSSR count). The lowest BCUT2D eigenvalue weighted by molar-refractivity contribution is 0.537. The molecule has 0 radical (unpaired) electrons. The fourth-order valence-corrected chi connectivity index (χ4v) is 2.54. The Bertz CT molecular complexity index is 560. The Kier molecular flexibility index (Phi) is 4.91. The summed E-state index contributed by atoms with van der Waals surface area (Å²) in [5.74, 6) is -0.186. The molecule has 0 aliphatic rings. The lowest BCUT2D eigenvalue weighted by Crippen LogP contribution is -2.19. The van der Waals surface area contributed by atoms with E-state index < -0.39 is 0 Å². The molecule has 0 bridgehead atoms. The van der Waals surface area contributed by atoms with Crippen molar-refractivity contribution in [2.45, 2.75) is 33.2 Å². The number of halogens is 1. The van der Waals surface area contributed by atoms with Gasteiger partial charge in [0.15, 0.2) is 0 Å². The van der Waals surface area contributed by atoms with Gasteiger partial charge in [-0.05, 0) is 54.3 Å². The standard InChI is InChI=1S/C18H22FN/c1-4-18(20-5-2)15-9-7-14(8-10-15)17-12-16(19)11-6-13(17)3/h6-12,18,20H,4-5H2,1-3H3. The van der Waals surface area contributed by atoms with Crippen LogP contribution in [0, 0.1) is 12.7 Å². The SMILES string of the molecule is CCNC(CC)c1ccc(-c2cc(F)ccc2C)cc1. The van der Waals surface area contributed by atoms with Gasteiger partial charge in [0.1, 0.15) is 5.82 Å². The predicted octanol–water partition coefficient (Wildman–Crippen LogP) is 4.86. The van der Waals surface area contributed by atoms with Crippen molar-refractivity contribution in [1.29, 1.82) is 0 Å². The van der Waals surface area contributed by atoms with Crippen LogP contribution in [-0.2, 0) is 0 Å². The molecule has 0 saturated heterocycles. The van der Waals surface area contributed by atoms with Gasteiger partial charge in [-0.15, -0.1) is 0 Å². The molecule has 0 aromatic heterocycles. The monoisotopic (exact) mass is 271 g/mol. The van der Waals surface area contributed by atoms with Crippen molar-refractivity contribution in [1.82, 2.24) is 5.32 Å². The molecule has 1 atom stereocenters. The number of benzene rings is 2. The van der Waals surface area contributed by atoms with Crippen LogP contribution in [0.5, 0.6) is 0 Å². The van der Waals surface area contributed by atoms with Gasteiger partial charge < -0.3 is 5.32 Å². The maximum atomic E-state index is 13.4. The zero-order chi connectivity index (χ0) is 14.5. The Morgan fingerprint density at radius 3 is 2.35 bits per heavy atom. The Labute approximate surface area is 120 Å². The van der Waals surface area contributed by atoms with Gasteiger partial charge in [-0.25, -0.2) is 4.39 Å². The third kappa shape index (κ3) is 3.26. The minimum atomic E-state index is -0.186. The van der Waals surface area contributed by atoms with E-state index in [0.29, 0.717) is 6.04 Å². The first-order valence-electron chi connectivity index (χ1n) is 7.25. The Hall–Kier alpha value is -1.67. The van der Waals surface area contributed by atoms with Crippen LogP contribution >= 0.6 is 0 Å². The molecule has 2 aromatic rings. The molecule has 2 heteroatoms. The molecular formula is C18H22FN. The van der Waals surface area contributed by atoms with E-state index in [1.165, 1.54) is 11.6 Å². The summed E-state index contributed by atoms with van der Waals surface area (Å²) in [6.07, 6.45) is 1.06. The van der Waals surface area contributed by atoms with Gasteiger partial charge in [-0.3, -0.25) is 0 Å². The van der Waals surface area contributed by atoms with Crippen molar-refractivity contribution in [2.24, 2.45) is 0 Å². The third-order valence-corrected chi connectivity index (χ3v) is 3.68. The number of aryl methyl sites for hydroxylation is 1. The molecule has 1 nitrogen and oxygen atoms in total. The maximum Gasteiger partial charge on any atom is 0.123 e. The number of rotatable bonds is 5. The Morgan fingerprint density at radius 2 is 1.75 bits per heavy atom. The number of nitrogens with one attached hydrogen (secondary N) is 1. The highest BCUT2D eigenvalue weighted by Crippen LogP contribution is 2.26. The summed E-state index contributed by atoms with van der Waals surface area (Å²) in [7, 11) is 0. The second-order valence-corrected chi connectivity index (χ2v) is 5.10. The van der Waals surface area contributed by atoms with E-state index >= 15 is 0 Å². The third-order valence-electron chi connectivity index (χ3n) is 3.68. The molecule has 0 saturated carbocycles. The molecule has 2 aromatic carbocycles.